The summed E-state index contributed by atoms with van der Waals surface area (Å²) in [5, 5.41) is 13.2. The number of carbonyl (C=O) groups is 2. The highest BCUT2D eigenvalue weighted by Crippen LogP contribution is 2.22. The molecule has 21 heavy (non-hydrogen) atoms. The third-order valence-electron chi connectivity index (χ3n) is 4.07. The molecule has 0 unspecified atom stereocenters. The van der Waals surface area contributed by atoms with Crippen molar-refractivity contribution in [2.75, 3.05) is 13.1 Å². The first-order chi connectivity index (χ1) is 9.88. The number of piperidine rings is 1. The van der Waals surface area contributed by atoms with E-state index in [0.29, 0.717) is 24.7 Å². The Bertz CT molecular complexity index is 528. The van der Waals surface area contributed by atoms with E-state index >= 15 is 0 Å². The van der Waals surface area contributed by atoms with Gasteiger partial charge in [0.1, 0.15) is 5.69 Å². The zero-order valence-corrected chi connectivity index (χ0v) is 12.9. The highest BCUT2D eigenvalue weighted by molar-refractivity contribution is 5.92. The van der Waals surface area contributed by atoms with Crippen LogP contribution >= 0.6 is 0 Å². The second-order valence-electron chi connectivity index (χ2n) is 6.07. The number of aromatic nitrogens is 2. The smallest absolute Gasteiger partial charge is 0.303 e. The molecule has 0 aromatic carbocycles. The van der Waals surface area contributed by atoms with Crippen LogP contribution < -0.4 is 0 Å². The standard InChI is InChI=1S/C15H23N3O3/c1-10(2)12-9-13(17(3)16-12)15(21)18-6-4-11(5-7-18)8-14(19)20/h9-11H,4-8H2,1-3H3,(H,19,20). The van der Waals surface area contributed by atoms with E-state index in [-0.39, 0.29) is 18.2 Å². The number of nitrogens with zero attached hydrogens (tertiary/aromatic N) is 3. The average Bonchev–Trinajstić information content (AvgIpc) is 2.80. The van der Waals surface area contributed by atoms with Gasteiger partial charge in [0.25, 0.3) is 5.91 Å². The summed E-state index contributed by atoms with van der Waals surface area (Å²) in [5.41, 5.74) is 1.52. The Kier molecular flexibility index (Phi) is 4.65. The number of hydrogen-bond donors (Lipinski definition) is 1. The van der Waals surface area contributed by atoms with Crippen molar-refractivity contribution in [1.29, 1.82) is 0 Å². The second-order valence-corrected chi connectivity index (χ2v) is 6.07. The highest BCUT2D eigenvalue weighted by atomic mass is 16.4. The van der Waals surface area contributed by atoms with E-state index in [9.17, 15) is 9.59 Å². The van der Waals surface area contributed by atoms with E-state index in [1.54, 1.807) is 16.6 Å². The number of aryl methyl sites for hydroxylation is 1. The van der Waals surface area contributed by atoms with Crippen LogP contribution in [0.4, 0.5) is 0 Å². The maximum atomic E-state index is 12.5. The highest BCUT2D eigenvalue weighted by Gasteiger charge is 2.27. The van der Waals surface area contributed by atoms with Gasteiger partial charge in [-0.1, -0.05) is 13.8 Å². The van der Waals surface area contributed by atoms with Gasteiger partial charge in [-0.2, -0.15) is 5.10 Å². The summed E-state index contributed by atoms with van der Waals surface area (Å²) < 4.78 is 1.64. The summed E-state index contributed by atoms with van der Waals surface area (Å²) in [4.78, 5) is 25.1. The van der Waals surface area contributed by atoms with Gasteiger partial charge < -0.3 is 10.0 Å². The van der Waals surface area contributed by atoms with Crippen LogP contribution in [0.1, 0.15) is 55.2 Å². The number of carboxylic acids is 1. The maximum Gasteiger partial charge on any atom is 0.303 e. The minimum absolute atomic E-state index is 0.00863. The molecule has 0 bridgehead atoms. The third kappa shape index (κ3) is 3.62. The van der Waals surface area contributed by atoms with Crippen LogP contribution in [-0.4, -0.2) is 44.8 Å². The zero-order chi connectivity index (χ0) is 15.6. The molecule has 0 spiro atoms. The number of carboxylic acid groups (broad SMARTS) is 1. The molecule has 0 radical (unpaired) electrons. The molecule has 6 nitrogen and oxygen atoms in total. The van der Waals surface area contributed by atoms with E-state index in [4.69, 9.17) is 5.11 Å². The number of amides is 1. The predicted octanol–water partition coefficient (Wildman–Crippen LogP) is 1.87. The molecule has 1 saturated heterocycles. The Morgan fingerprint density at radius 2 is 2.00 bits per heavy atom. The van der Waals surface area contributed by atoms with Crippen molar-refractivity contribution < 1.29 is 14.7 Å². The Hall–Kier alpha value is -1.85. The number of rotatable bonds is 4. The minimum Gasteiger partial charge on any atom is -0.481 e. The fraction of sp³-hybridized carbons (Fsp3) is 0.667. The van der Waals surface area contributed by atoms with Gasteiger partial charge in [0.2, 0.25) is 0 Å². The molecule has 1 aromatic heterocycles. The molecule has 0 saturated carbocycles. The van der Waals surface area contributed by atoms with Crippen molar-refractivity contribution in [3.05, 3.63) is 17.5 Å². The first-order valence-electron chi connectivity index (χ1n) is 7.43. The number of likely N-dealkylation sites (tertiary alicyclic amines) is 1. The second kappa shape index (κ2) is 6.28. The first-order valence-corrected chi connectivity index (χ1v) is 7.43. The Labute approximate surface area is 124 Å². The lowest BCUT2D eigenvalue weighted by Crippen LogP contribution is -2.39. The van der Waals surface area contributed by atoms with Crippen molar-refractivity contribution >= 4 is 11.9 Å². The lowest BCUT2D eigenvalue weighted by atomic mass is 9.93. The van der Waals surface area contributed by atoms with Crippen molar-refractivity contribution in [2.45, 2.75) is 39.0 Å². The molecule has 2 heterocycles. The molecule has 1 aliphatic heterocycles. The molecule has 2 rings (SSSR count). The van der Waals surface area contributed by atoms with E-state index in [2.05, 4.69) is 5.10 Å². The molecule has 116 valence electrons. The van der Waals surface area contributed by atoms with Crippen molar-refractivity contribution in [3.63, 3.8) is 0 Å². The zero-order valence-electron chi connectivity index (χ0n) is 12.9. The molecular weight excluding hydrogens is 270 g/mol. The van der Waals surface area contributed by atoms with Gasteiger partial charge in [0, 0.05) is 26.6 Å². The van der Waals surface area contributed by atoms with Crippen LogP contribution in [0, 0.1) is 5.92 Å². The lowest BCUT2D eigenvalue weighted by molar-refractivity contribution is -0.138. The minimum atomic E-state index is -0.756. The van der Waals surface area contributed by atoms with E-state index in [0.717, 1.165) is 18.5 Å². The summed E-state index contributed by atoms with van der Waals surface area (Å²) in [6.07, 6.45) is 1.71. The van der Waals surface area contributed by atoms with Crippen LogP contribution in [0.5, 0.6) is 0 Å². The molecule has 6 heteroatoms. The number of hydrogen-bond acceptors (Lipinski definition) is 3. The number of carbonyl (C=O) groups excluding carboxylic acids is 1. The fourth-order valence-corrected chi connectivity index (χ4v) is 2.72. The molecule has 1 aliphatic rings. The molecule has 0 atom stereocenters. The van der Waals surface area contributed by atoms with Gasteiger partial charge >= 0.3 is 5.97 Å². The third-order valence-corrected chi connectivity index (χ3v) is 4.07. The maximum absolute atomic E-state index is 12.5. The average molecular weight is 293 g/mol. The largest absolute Gasteiger partial charge is 0.481 e. The van der Waals surface area contributed by atoms with Gasteiger partial charge in [-0.3, -0.25) is 14.3 Å². The molecule has 1 amide bonds. The van der Waals surface area contributed by atoms with E-state index in [1.807, 2.05) is 19.9 Å². The summed E-state index contributed by atoms with van der Waals surface area (Å²) >= 11 is 0. The monoisotopic (exact) mass is 293 g/mol. The SMILES string of the molecule is CC(C)c1cc(C(=O)N2CCC(CC(=O)O)CC2)n(C)n1. The molecule has 0 aliphatic carbocycles. The van der Waals surface area contributed by atoms with Crippen LogP contribution in [0.25, 0.3) is 0 Å². The van der Waals surface area contributed by atoms with Crippen LogP contribution in [0.2, 0.25) is 0 Å². The Morgan fingerprint density at radius 1 is 1.38 bits per heavy atom. The van der Waals surface area contributed by atoms with Gasteiger partial charge in [-0.25, -0.2) is 0 Å². The lowest BCUT2D eigenvalue weighted by Gasteiger charge is -2.31. The molecular formula is C15H23N3O3. The summed E-state index contributed by atoms with van der Waals surface area (Å²) in [6.45, 7) is 5.35. The Morgan fingerprint density at radius 3 is 2.48 bits per heavy atom. The van der Waals surface area contributed by atoms with E-state index in [1.165, 1.54) is 0 Å². The molecule has 1 aromatic rings. The molecule has 1 N–H and O–H groups in total. The summed E-state index contributed by atoms with van der Waals surface area (Å²) in [5.74, 6) is -0.290. The van der Waals surface area contributed by atoms with Gasteiger partial charge in [0.15, 0.2) is 0 Å². The van der Waals surface area contributed by atoms with Gasteiger partial charge in [-0.15, -0.1) is 0 Å². The quantitative estimate of drug-likeness (QED) is 0.919. The van der Waals surface area contributed by atoms with Crippen molar-refractivity contribution in [1.82, 2.24) is 14.7 Å². The van der Waals surface area contributed by atoms with Gasteiger partial charge in [0.05, 0.1) is 5.69 Å². The van der Waals surface area contributed by atoms with Crippen molar-refractivity contribution in [3.8, 4) is 0 Å². The van der Waals surface area contributed by atoms with Crippen molar-refractivity contribution in [2.24, 2.45) is 13.0 Å². The predicted molar refractivity (Wildman–Crippen MR) is 78.2 cm³/mol. The number of aliphatic carboxylic acids is 1. The normalized spacial score (nSPS) is 16.5. The van der Waals surface area contributed by atoms with Gasteiger partial charge in [-0.05, 0) is 30.7 Å². The summed E-state index contributed by atoms with van der Waals surface area (Å²) in [7, 11) is 1.79. The van der Waals surface area contributed by atoms with Crippen LogP contribution in [0.15, 0.2) is 6.07 Å². The van der Waals surface area contributed by atoms with Crippen LogP contribution in [0.3, 0.4) is 0 Å². The Balaban J connectivity index is 2.00. The summed E-state index contributed by atoms with van der Waals surface area (Å²) in [6, 6.07) is 1.86. The topological polar surface area (TPSA) is 75.4 Å². The van der Waals surface area contributed by atoms with Crippen LogP contribution in [-0.2, 0) is 11.8 Å². The first kappa shape index (κ1) is 15.5. The van der Waals surface area contributed by atoms with E-state index < -0.39 is 5.97 Å². The fourth-order valence-electron chi connectivity index (χ4n) is 2.72. The molecule has 1 fully saturated rings.